The van der Waals surface area contributed by atoms with Crippen LogP contribution < -0.4 is 9.80 Å². The molecular formula is C53H42N2S2. The van der Waals surface area contributed by atoms with Crippen molar-refractivity contribution in [3.63, 3.8) is 0 Å². The van der Waals surface area contributed by atoms with Gasteiger partial charge < -0.3 is 9.80 Å². The van der Waals surface area contributed by atoms with Gasteiger partial charge in [0.05, 0.1) is 26.5 Å². The quantitative estimate of drug-likeness (QED) is 0.152. The number of fused-ring (bicyclic) bond motifs is 4. The number of benzene rings is 6. The lowest BCUT2D eigenvalue weighted by Gasteiger charge is -2.43. The summed E-state index contributed by atoms with van der Waals surface area (Å²) in [7, 11) is 0. The van der Waals surface area contributed by atoms with Crippen molar-refractivity contribution in [3.8, 4) is 0 Å². The van der Waals surface area contributed by atoms with Crippen LogP contribution in [0.3, 0.4) is 0 Å². The van der Waals surface area contributed by atoms with E-state index in [0.29, 0.717) is 5.92 Å². The van der Waals surface area contributed by atoms with E-state index in [1.807, 2.05) is 22.7 Å². The van der Waals surface area contributed by atoms with E-state index in [1.54, 1.807) is 0 Å². The Morgan fingerprint density at radius 2 is 1.26 bits per heavy atom. The standard InChI is InChI=1S/C53H42N2S2/c1-4-33(2)49-34(3)56-53-43(49)21-14-23-47(53)55(38-17-9-6-10-18-38)45-32-28-36-25-29-41-44(31-27-35-26-30-42(45)51(36)50(35)41)54(37-15-7-5-8-16-37)46-22-13-20-40-39-19-11-12-24-48(39)57-52(40)46/h5-33,42,51H,4H2,1-3H3. The molecule has 4 heteroatoms. The summed E-state index contributed by atoms with van der Waals surface area (Å²) in [5.74, 6) is 0.853. The molecule has 57 heavy (non-hydrogen) atoms. The van der Waals surface area contributed by atoms with Gasteiger partial charge in [0.15, 0.2) is 0 Å². The van der Waals surface area contributed by atoms with Crippen molar-refractivity contribution in [2.24, 2.45) is 5.92 Å². The normalized spacial score (nSPS) is 17.1. The molecule has 6 aromatic carbocycles. The Labute approximate surface area is 342 Å². The molecule has 0 N–H and O–H groups in total. The summed E-state index contributed by atoms with van der Waals surface area (Å²) >= 11 is 3.84. The molecule has 11 rings (SSSR count). The summed E-state index contributed by atoms with van der Waals surface area (Å²) < 4.78 is 3.99. The molecule has 0 fully saturated rings. The van der Waals surface area contributed by atoms with E-state index in [4.69, 9.17) is 0 Å². The van der Waals surface area contributed by atoms with Crippen molar-refractivity contribution in [3.05, 3.63) is 196 Å². The summed E-state index contributed by atoms with van der Waals surface area (Å²) in [5, 5.41) is 4.01. The molecule has 0 aliphatic heterocycles. The molecule has 0 saturated carbocycles. The zero-order valence-corrected chi connectivity index (χ0v) is 33.9. The zero-order valence-electron chi connectivity index (χ0n) is 32.3. The number of nitrogens with zero attached hydrogens (tertiary/aromatic N) is 2. The van der Waals surface area contributed by atoms with Gasteiger partial charge in [-0.2, -0.15) is 0 Å². The summed E-state index contributed by atoms with van der Waals surface area (Å²) in [6, 6.07) is 49.2. The maximum atomic E-state index is 2.56. The number of allylic oxidation sites excluding steroid dienone is 5. The van der Waals surface area contributed by atoms with Crippen molar-refractivity contribution in [2.45, 2.75) is 39.0 Å². The monoisotopic (exact) mass is 770 g/mol. The first-order valence-electron chi connectivity index (χ1n) is 20.2. The van der Waals surface area contributed by atoms with Crippen molar-refractivity contribution >= 4 is 93.5 Å². The van der Waals surface area contributed by atoms with E-state index in [9.17, 15) is 0 Å². The van der Waals surface area contributed by atoms with Gasteiger partial charge >= 0.3 is 0 Å². The third kappa shape index (κ3) is 5.35. The topological polar surface area (TPSA) is 6.48 Å². The zero-order chi connectivity index (χ0) is 38.2. The van der Waals surface area contributed by atoms with Gasteiger partial charge in [-0.05, 0) is 102 Å². The number of para-hydroxylation sites is 2. The van der Waals surface area contributed by atoms with E-state index in [2.05, 4.69) is 200 Å². The van der Waals surface area contributed by atoms with Gasteiger partial charge in [-0.25, -0.2) is 0 Å². The average molecular weight is 771 g/mol. The Bertz CT molecular complexity index is 3000. The van der Waals surface area contributed by atoms with Gasteiger partial charge in [0, 0.05) is 54.8 Å². The molecule has 0 bridgehead atoms. The molecule has 0 saturated heterocycles. The Morgan fingerprint density at radius 1 is 0.596 bits per heavy atom. The van der Waals surface area contributed by atoms with Crippen LogP contribution in [0.25, 0.3) is 42.4 Å². The lowest BCUT2D eigenvalue weighted by atomic mass is 9.67. The first-order chi connectivity index (χ1) is 28.1. The average Bonchev–Trinajstić information content (AvgIpc) is 3.82. The molecule has 2 aromatic heterocycles. The van der Waals surface area contributed by atoms with Gasteiger partial charge in [-0.3, -0.25) is 0 Å². The highest BCUT2D eigenvalue weighted by Gasteiger charge is 2.40. The van der Waals surface area contributed by atoms with Crippen molar-refractivity contribution in [1.82, 2.24) is 0 Å². The molecule has 276 valence electrons. The maximum absolute atomic E-state index is 2.56. The minimum absolute atomic E-state index is 0.151. The molecular weight excluding hydrogens is 729 g/mol. The molecule has 2 heterocycles. The lowest BCUT2D eigenvalue weighted by Crippen LogP contribution is -2.31. The van der Waals surface area contributed by atoms with Crippen LogP contribution in [0.5, 0.6) is 0 Å². The van der Waals surface area contributed by atoms with Gasteiger partial charge in [0.1, 0.15) is 0 Å². The lowest BCUT2D eigenvalue weighted by molar-refractivity contribution is 0.619. The van der Waals surface area contributed by atoms with Crippen LogP contribution in [-0.2, 0) is 0 Å². The van der Waals surface area contributed by atoms with E-state index in [1.165, 1.54) is 91.4 Å². The third-order valence-corrected chi connectivity index (χ3v) is 14.8. The van der Waals surface area contributed by atoms with E-state index in [0.717, 1.165) is 12.1 Å². The Hall–Kier alpha value is -5.94. The van der Waals surface area contributed by atoms with Crippen LogP contribution in [0.15, 0.2) is 169 Å². The fraction of sp³-hybridized carbons (Fsp3) is 0.132. The summed E-state index contributed by atoms with van der Waals surface area (Å²) in [6.45, 7) is 6.99. The Balaban J connectivity index is 1.09. The Kier molecular flexibility index (Phi) is 8.20. The largest absolute Gasteiger partial charge is 0.312 e. The molecule has 3 unspecified atom stereocenters. The minimum atomic E-state index is 0.151. The smallest absolute Gasteiger partial charge is 0.0640 e. The Morgan fingerprint density at radius 3 is 2.04 bits per heavy atom. The first-order valence-corrected chi connectivity index (χ1v) is 21.8. The minimum Gasteiger partial charge on any atom is -0.312 e. The van der Waals surface area contributed by atoms with E-state index >= 15 is 0 Å². The second kappa shape index (κ2) is 13.6. The maximum Gasteiger partial charge on any atom is 0.0640 e. The SMILES string of the molecule is CCC(C)c1c(C)sc2c(N(C3=CC=C4C=Cc5c(N(c6ccccc6)c6cccc7c6sc6ccccc67)ccc6c5C4C3C=C6)c3ccccc3)cccc12. The summed E-state index contributed by atoms with van der Waals surface area (Å²) in [5.41, 5.74) is 14.2. The molecule has 3 aliphatic rings. The van der Waals surface area contributed by atoms with Gasteiger partial charge in [-0.1, -0.05) is 129 Å². The van der Waals surface area contributed by atoms with Crippen LogP contribution >= 0.6 is 22.7 Å². The molecule has 0 amide bonds. The predicted molar refractivity (Wildman–Crippen MR) is 248 cm³/mol. The highest BCUT2D eigenvalue weighted by molar-refractivity contribution is 7.26. The van der Waals surface area contributed by atoms with Gasteiger partial charge in [-0.15, -0.1) is 22.7 Å². The van der Waals surface area contributed by atoms with Gasteiger partial charge in [0.2, 0.25) is 0 Å². The van der Waals surface area contributed by atoms with Crippen LogP contribution in [0, 0.1) is 12.8 Å². The van der Waals surface area contributed by atoms with E-state index < -0.39 is 0 Å². The second-order valence-electron chi connectivity index (χ2n) is 15.6. The van der Waals surface area contributed by atoms with Crippen LogP contribution in [-0.4, -0.2) is 0 Å². The number of thiophene rings is 2. The first kappa shape index (κ1) is 34.3. The van der Waals surface area contributed by atoms with Gasteiger partial charge in [0.25, 0.3) is 0 Å². The molecule has 8 aromatic rings. The highest BCUT2D eigenvalue weighted by Crippen LogP contribution is 2.56. The number of hydrogen-bond acceptors (Lipinski definition) is 4. The fourth-order valence-electron chi connectivity index (χ4n) is 9.74. The number of aryl methyl sites for hydroxylation is 1. The van der Waals surface area contributed by atoms with Crippen LogP contribution in [0.4, 0.5) is 28.4 Å². The molecule has 0 radical (unpaired) electrons. The van der Waals surface area contributed by atoms with E-state index in [-0.39, 0.29) is 11.8 Å². The third-order valence-electron chi connectivity index (χ3n) is 12.5. The fourth-order valence-corrected chi connectivity index (χ4v) is 12.2. The second-order valence-corrected chi connectivity index (χ2v) is 17.9. The summed E-state index contributed by atoms with van der Waals surface area (Å²) in [6.07, 6.45) is 15.5. The predicted octanol–water partition coefficient (Wildman–Crippen LogP) is 16.0. The van der Waals surface area contributed by atoms with Crippen molar-refractivity contribution in [2.75, 3.05) is 9.80 Å². The number of hydrogen-bond donors (Lipinski definition) is 0. The molecule has 0 spiro atoms. The highest BCUT2D eigenvalue weighted by atomic mass is 32.1. The van der Waals surface area contributed by atoms with Crippen LogP contribution in [0.2, 0.25) is 0 Å². The van der Waals surface area contributed by atoms with Crippen molar-refractivity contribution < 1.29 is 0 Å². The van der Waals surface area contributed by atoms with Crippen LogP contribution in [0.1, 0.15) is 59.2 Å². The summed E-state index contributed by atoms with van der Waals surface area (Å²) in [4.78, 5) is 6.49. The van der Waals surface area contributed by atoms with Crippen molar-refractivity contribution in [1.29, 1.82) is 0 Å². The molecule has 3 atom stereocenters. The molecule has 3 aliphatic carbocycles. The molecule has 2 nitrogen and oxygen atoms in total. The number of anilines is 5. The number of rotatable bonds is 8.